The first-order chi connectivity index (χ1) is 9.08. The van der Waals surface area contributed by atoms with E-state index in [2.05, 4.69) is 41.5 Å². The normalized spacial score (nSPS) is 15.2. The molecule has 0 aliphatic rings. The lowest BCUT2D eigenvalue weighted by atomic mass is 9.70. The van der Waals surface area contributed by atoms with Gasteiger partial charge >= 0.3 is 0 Å². The van der Waals surface area contributed by atoms with Gasteiger partial charge in [0, 0.05) is 0 Å². The average molecular weight is 269 g/mol. The second-order valence-electron chi connectivity index (χ2n) is 6.99. The van der Waals surface area contributed by atoms with Crippen molar-refractivity contribution in [1.82, 2.24) is 0 Å². The van der Waals surface area contributed by atoms with Crippen molar-refractivity contribution in [1.29, 1.82) is 0 Å². The molecule has 0 aromatic carbocycles. The van der Waals surface area contributed by atoms with Crippen LogP contribution in [0.4, 0.5) is 0 Å². The third-order valence-electron chi connectivity index (χ3n) is 4.84. The van der Waals surface area contributed by atoms with Gasteiger partial charge in [-0.3, -0.25) is 0 Å². The van der Waals surface area contributed by atoms with Gasteiger partial charge in [-0.1, -0.05) is 99.3 Å². The fourth-order valence-electron chi connectivity index (χ4n) is 3.85. The Morgan fingerprint density at radius 1 is 0.632 bits per heavy atom. The highest BCUT2D eigenvalue weighted by Crippen LogP contribution is 2.37. The highest BCUT2D eigenvalue weighted by Gasteiger charge is 2.28. The molecule has 0 radical (unpaired) electrons. The molecule has 116 valence electrons. The highest BCUT2D eigenvalue weighted by atomic mass is 14.3. The Balaban J connectivity index is 4.61. The number of hydrogen-bond acceptors (Lipinski definition) is 0. The Hall–Kier alpha value is 0. The van der Waals surface area contributed by atoms with Gasteiger partial charge in [-0.05, 0) is 23.7 Å². The summed E-state index contributed by atoms with van der Waals surface area (Å²) < 4.78 is 0. The molecule has 19 heavy (non-hydrogen) atoms. The first-order valence-corrected chi connectivity index (χ1v) is 9.08. The van der Waals surface area contributed by atoms with E-state index >= 15 is 0 Å². The lowest BCUT2D eigenvalue weighted by Crippen LogP contribution is -2.27. The molecule has 0 saturated heterocycles. The second-order valence-corrected chi connectivity index (χ2v) is 6.99. The van der Waals surface area contributed by atoms with Crippen molar-refractivity contribution < 1.29 is 0 Å². The largest absolute Gasteiger partial charge is 0.0654 e. The van der Waals surface area contributed by atoms with E-state index in [-0.39, 0.29) is 0 Å². The molecule has 0 rings (SSSR count). The van der Waals surface area contributed by atoms with E-state index < -0.39 is 0 Å². The van der Waals surface area contributed by atoms with Crippen LogP contribution in [0.1, 0.15) is 99.3 Å². The van der Waals surface area contributed by atoms with Crippen molar-refractivity contribution in [2.45, 2.75) is 99.3 Å². The van der Waals surface area contributed by atoms with Crippen molar-refractivity contribution in [3.63, 3.8) is 0 Å². The third-order valence-corrected chi connectivity index (χ3v) is 4.84. The molecule has 0 amide bonds. The SMILES string of the molecule is CCCCC(C)C(C(C)C)C(CCCC)CCCC. The van der Waals surface area contributed by atoms with Gasteiger partial charge < -0.3 is 0 Å². The Morgan fingerprint density at radius 2 is 1.05 bits per heavy atom. The van der Waals surface area contributed by atoms with Crippen LogP contribution in [0.25, 0.3) is 0 Å². The zero-order valence-corrected chi connectivity index (χ0v) is 14.7. The van der Waals surface area contributed by atoms with E-state index in [1.807, 2.05) is 0 Å². The molecule has 0 fully saturated rings. The summed E-state index contributed by atoms with van der Waals surface area (Å²) in [7, 11) is 0. The number of rotatable bonds is 12. The molecule has 0 heterocycles. The van der Waals surface area contributed by atoms with Crippen LogP contribution < -0.4 is 0 Å². The van der Waals surface area contributed by atoms with Crippen molar-refractivity contribution in [2.75, 3.05) is 0 Å². The molecular formula is C19H40. The summed E-state index contributed by atoms with van der Waals surface area (Å²) in [5, 5.41) is 0. The van der Waals surface area contributed by atoms with Gasteiger partial charge in [0.05, 0.1) is 0 Å². The standard InChI is InChI=1S/C19H40/c1-7-10-13-17(6)19(16(4)5)18(14-11-8-2)15-12-9-3/h16-19H,7-15H2,1-6H3. The molecule has 0 aromatic rings. The summed E-state index contributed by atoms with van der Waals surface area (Å²) in [5.41, 5.74) is 0. The van der Waals surface area contributed by atoms with E-state index in [1.54, 1.807) is 0 Å². The van der Waals surface area contributed by atoms with Gasteiger partial charge in [0.25, 0.3) is 0 Å². The molecule has 2 atom stereocenters. The molecule has 0 bridgehead atoms. The van der Waals surface area contributed by atoms with Crippen LogP contribution >= 0.6 is 0 Å². The molecule has 0 N–H and O–H groups in total. The third kappa shape index (κ3) is 8.00. The molecule has 2 unspecified atom stereocenters. The molecule has 0 heteroatoms. The van der Waals surface area contributed by atoms with Crippen LogP contribution in [0, 0.1) is 23.7 Å². The van der Waals surface area contributed by atoms with Crippen LogP contribution in [-0.4, -0.2) is 0 Å². The van der Waals surface area contributed by atoms with Crippen LogP contribution in [0.15, 0.2) is 0 Å². The monoisotopic (exact) mass is 268 g/mol. The second kappa shape index (κ2) is 11.8. The van der Waals surface area contributed by atoms with Crippen molar-refractivity contribution >= 4 is 0 Å². The molecule has 0 aliphatic heterocycles. The van der Waals surface area contributed by atoms with Gasteiger partial charge in [-0.25, -0.2) is 0 Å². The maximum absolute atomic E-state index is 2.52. The lowest BCUT2D eigenvalue weighted by molar-refractivity contribution is 0.143. The molecule has 0 saturated carbocycles. The summed E-state index contributed by atoms with van der Waals surface area (Å²) >= 11 is 0. The molecule has 0 aromatic heterocycles. The van der Waals surface area contributed by atoms with Gasteiger partial charge in [0.1, 0.15) is 0 Å². The first kappa shape index (κ1) is 19.0. The fourth-order valence-corrected chi connectivity index (χ4v) is 3.85. The van der Waals surface area contributed by atoms with E-state index in [0.29, 0.717) is 0 Å². The summed E-state index contributed by atoms with van der Waals surface area (Å²) in [6.45, 7) is 14.4. The quantitative estimate of drug-likeness (QED) is 0.354. The van der Waals surface area contributed by atoms with Crippen LogP contribution in [0.2, 0.25) is 0 Å². The predicted octanol–water partition coefficient (Wildman–Crippen LogP) is 7.08. The summed E-state index contributed by atoms with van der Waals surface area (Å²) in [6, 6.07) is 0. The fraction of sp³-hybridized carbons (Fsp3) is 1.00. The minimum atomic E-state index is 0.852. The minimum absolute atomic E-state index is 0.852. The number of hydrogen-bond donors (Lipinski definition) is 0. The van der Waals surface area contributed by atoms with E-state index in [4.69, 9.17) is 0 Å². The minimum Gasteiger partial charge on any atom is -0.0654 e. The zero-order chi connectivity index (χ0) is 14.7. The van der Waals surface area contributed by atoms with Crippen LogP contribution in [0.3, 0.4) is 0 Å². The summed E-state index contributed by atoms with van der Waals surface area (Å²) in [5.74, 6) is 3.70. The zero-order valence-electron chi connectivity index (χ0n) is 14.7. The van der Waals surface area contributed by atoms with Gasteiger partial charge in [0.15, 0.2) is 0 Å². The van der Waals surface area contributed by atoms with E-state index in [9.17, 15) is 0 Å². The van der Waals surface area contributed by atoms with Crippen molar-refractivity contribution in [3.05, 3.63) is 0 Å². The van der Waals surface area contributed by atoms with Crippen molar-refractivity contribution in [2.24, 2.45) is 23.7 Å². The molecule has 0 nitrogen and oxygen atoms in total. The molecular weight excluding hydrogens is 228 g/mol. The maximum Gasteiger partial charge on any atom is -0.0337 e. The Bertz CT molecular complexity index is 174. The molecule has 0 aliphatic carbocycles. The van der Waals surface area contributed by atoms with E-state index in [0.717, 1.165) is 23.7 Å². The lowest BCUT2D eigenvalue weighted by Gasteiger charge is -2.35. The summed E-state index contributed by atoms with van der Waals surface area (Å²) in [4.78, 5) is 0. The Kier molecular flexibility index (Phi) is 11.8. The van der Waals surface area contributed by atoms with Crippen LogP contribution in [0.5, 0.6) is 0 Å². The number of unbranched alkanes of at least 4 members (excludes halogenated alkanes) is 3. The highest BCUT2D eigenvalue weighted by molar-refractivity contribution is 4.78. The van der Waals surface area contributed by atoms with Crippen molar-refractivity contribution in [3.8, 4) is 0 Å². The van der Waals surface area contributed by atoms with Gasteiger partial charge in [-0.2, -0.15) is 0 Å². The van der Waals surface area contributed by atoms with Crippen LogP contribution in [-0.2, 0) is 0 Å². The van der Waals surface area contributed by atoms with E-state index in [1.165, 1.54) is 57.8 Å². The Labute approximate surface area is 123 Å². The topological polar surface area (TPSA) is 0 Å². The van der Waals surface area contributed by atoms with Gasteiger partial charge in [0.2, 0.25) is 0 Å². The smallest absolute Gasteiger partial charge is 0.0337 e. The first-order valence-electron chi connectivity index (χ1n) is 9.08. The predicted molar refractivity (Wildman–Crippen MR) is 89.6 cm³/mol. The molecule has 0 spiro atoms. The summed E-state index contributed by atoms with van der Waals surface area (Å²) in [6.07, 6.45) is 12.7. The maximum atomic E-state index is 2.52. The Morgan fingerprint density at radius 3 is 1.42 bits per heavy atom. The van der Waals surface area contributed by atoms with Gasteiger partial charge in [-0.15, -0.1) is 0 Å². The average Bonchev–Trinajstić information content (AvgIpc) is 2.38.